The van der Waals surface area contributed by atoms with E-state index in [9.17, 15) is 8.78 Å². The van der Waals surface area contributed by atoms with Crippen molar-refractivity contribution in [3.63, 3.8) is 0 Å². The van der Waals surface area contributed by atoms with Gasteiger partial charge in [-0.3, -0.25) is 0 Å². The van der Waals surface area contributed by atoms with E-state index in [1.807, 2.05) is 13.8 Å². The van der Waals surface area contributed by atoms with Crippen molar-refractivity contribution in [1.82, 2.24) is 0 Å². The molecule has 0 aliphatic rings. The first-order chi connectivity index (χ1) is 8.38. The van der Waals surface area contributed by atoms with Crippen molar-refractivity contribution in [2.24, 2.45) is 5.73 Å². The minimum absolute atomic E-state index is 0.0514. The molecule has 3 nitrogen and oxygen atoms in total. The average Bonchev–Trinajstić information content (AvgIpc) is 2.24. The predicted molar refractivity (Wildman–Crippen MR) is 65.6 cm³/mol. The minimum atomic E-state index is -0.695. The quantitative estimate of drug-likeness (QED) is 0.765. The Morgan fingerprint density at radius 1 is 1.22 bits per heavy atom. The van der Waals surface area contributed by atoms with Crippen LogP contribution >= 0.6 is 0 Å². The fourth-order valence-electron chi connectivity index (χ4n) is 1.27. The first-order valence-electron chi connectivity index (χ1n) is 5.83. The van der Waals surface area contributed by atoms with E-state index in [0.717, 1.165) is 12.1 Å². The molecule has 0 heterocycles. The van der Waals surface area contributed by atoms with Gasteiger partial charge < -0.3 is 15.2 Å². The van der Waals surface area contributed by atoms with Gasteiger partial charge in [0.1, 0.15) is 5.82 Å². The Morgan fingerprint density at radius 3 is 2.56 bits per heavy atom. The summed E-state index contributed by atoms with van der Waals surface area (Å²) in [4.78, 5) is 0. The third-order valence-corrected chi connectivity index (χ3v) is 2.06. The van der Waals surface area contributed by atoms with Crippen LogP contribution in [0.1, 0.15) is 20.3 Å². The zero-order valence-electron chi connectivity index (χ0n) is 10.7. The summed E-state index contributed by atoms with van der Waals surface area (Å²) < 4.78 is 36.3. The van der Waals surface area contributed by atoms with Crippen molar-refractivity contribution in [2.75, 3.05) is 19.8 Å². The zero-order chi connectivity index (χ0) is 13.6. The topological polar surface area (TPSA) is 44.5 Å². The molecule has 1 rings (SSSR count). The molecule has 0 amide bonds. The van der Waals surface area contributed by atoms with E-state index in [2.05, 4.69) is 0 Å². The van der Waals surface area contributed by atoms with E-state index in [1.165, 1.54) is 6.07 Å². The highest BCUT2D eigenvalue weighted by Gasteiger charge is 2.10. The SMILES string of the molecule is CC(C)(N)COCCCOc1ccc(F)cc1F. The number of halogens is 2. The van der Waals surface area contributed by atoms with Gasteiger partial charge in [-0.05, 0) is 26.0 Å². The molecule has 18 heavy (non-hydrogen) atoms. The number of hydrogen-bond acceptors (Lipinski definition) is 3. The van der Waals surface area contributed by atoms with Crippen LogP contribution in [0.4, 0.5) is 8.78 Å². The van der Waals surface area contributed by atoms with Crippen LogP contribution in [-0.2, 0) is 4.74 Å². The maximum absolute atomic E-state index is 13.2. The Balaban J connectivity index is 2.18. The molecular formula is C13H19F2NO2. The minimum Gasteiger partial charge on any atom is -0.490 e. The lowest BCUT2D eigenvalue weighted by Gasteiger charge is -2.18. The van der Waals surface area contributed by atoms with Crippen molar-refractivity contribution in [3.8, 4) is 5.75 Å². The number of benzene rings is 1. The van der Waals surface area contributed by atoms with Gasteiger partial charge in [0, 0.05) is 24.6 Å². The molecule has 0 saturated carbocycles. The van der Waals surface area contributed by atoms with Crippen molar-refractivity contribution in [3.05, 3.63) is 29.8 Å². The van der Waals surface area contributed by atoms with Crippen LogP contribution in [0.25, 0.3) is 0 Å². The fourth-order valence-corrected chi connectivity index (χ4v) is 1.27. The van der Waals surface area contributed by atoms with E-state index >= 15 is 0 Å². The molecule has 0 aliphatic carbocycles. The second-order valence-electron chi connectivity index (χ2n) is 4.82. The standard InChI is InChI=1S/C13H19F2NO2/c1-13(2,16)9-17-6-3-7-18-12-5-4-10(14)8-11(12)15/h4-5,8H,3,6-7,9,16H2,1-2H3. The molecule has 0 radical (unpaired) electrons. The normalized spacial score (nSPS) is 11.6. The van der Waals surface area contributed by atoms with Crippen LogP contribution in [0, 0.1) is 11.6 Å². The van der Waals surface area contributed by atoms with Crippen molar-refractivity contribution < 1.29 is 18.3 Å². The molecule has 0 spiro atoms. The smallest absolute Gasteiger partial charge is 0.167 e. The van der Waals surface area contributed by atoms with Crippen molar-refractivity contribution in [1.29, 1.82) is 0 Å². The molecule has 0 bridgehead atoms. The molecule has 5 heteroatoms. The van der Waals surface area contributed by atoms with Gasteiger partial charge >= 0.3 is 0 Å². The van der Waals surface area contributed by atoms with Crippen LogP contribution in [0.15, 0.2) is 18.2 Å². The first-order valence-corrected chi connectivity index (χ1v) is 5.83. The average molecular weight is 259 g/mol. The van der Waals surface area contributed by atoms with E-state index in [4.69, 9.17) is 15.2 Å². The molecule has 0 aromatic heterocycles. The lowest BCUT2D eigenvalue weighted by atomic mass is 10.1. The molecule has 1 aromatic rings. The highest BCUT2D eigenvalue weighted by Crippen LogP contribution is 2.17. The van der Waals surface area contributed by atoms with E-state index < -0.39 is 11.6 Å². The lowest BCUT2D eigenvalue weighted by molar-refractivity contribution is 0.0866. The summed E-state index contributed by atoms with van der Waals surface area (Å²) in [5.74, 6) is -1.26. The molecule has 0 fully saturated rings. The van der Waals surface area contributed by atoms with Gasteiger partial charge in [0.2, 0.25) is 0 Å². The summed E-state index contributed by atoms with van der Waals surface area (Å²) in [7, 11) is 0. The second-order valence-corrected chi connectivity index (χ2v) is 4.82. The van der Waals surface area contributed by atoms with Crippen LogP contribution in [0.5, 0.6) is 5.75 Å². The molecule has 1 aromatic carbocycles. The Labute approximate surface area is 106 Å². The maximum Gasteiger partial charge on any atom is 0.167 e. The predicted octanol–water partition coefficient (Wildman–Crippen LogP) is 2.49. The summed E-state index contributed by atoms with van der Waals surface area (Å²) >= 11 is 0. The van der Waals surface area contributed by atoms with Gasteiger partial charge in [0.25, 0.3) is 0 Å². The molecule has 102 valence electrons. The monoisotopic (exact) mass is 259 g/mol. The van der Waals surface area contributed by atoms with Gasteiger partial charge in [-0.1, -0.05) is 0 Å². The zero-order valence-corrected chi connectivity index (χ0v) is 10.7. The fraction of sp³-hybridized carbons (Fsp3) is 0.538. The lowest BCUT2D eigenvalue weighted by Crippen LogP contribution is -2.37. The second kappa shape index (κ2) is 6.66. The van der Waals surface area contributed by atoms with Gasteiger partial charge in [-0.2, -0.15) is 0 Å². The highest BCUT2D eigenvalue weighted by molar-refractivity contribution is 5.24. The van der Waals surface area contributed by atoms with Crippen LogP contribution < -0.4 is 10.5 Å². The van der Waals surface area contributed by atoms with Crippen molar-refractivity contribution in [2.45, 2.75) is 25.8 Å². The van der Waals surface area contributed by atoms with Crippen LogP contribution in [0.2, 0.25) is 0 Å². The number of nitrogens with two attached hydrogens (primary N) is 1. The molecule has 2 N–H and O–H groups in total. The molecular weight excluding hydrogens is 240 g/mol. The Hall–Kier alpha value is -1.20. The molecule has 0 atom stereocenters. The van der Waals surface area contributed by atoms with Crippen LogP contribution in [0.3, 0.4) is 0 Å². The third-order valence-electron chi connectivity index (χ3n) is 2.06. The van der Waals surface area contributed by atoms with E-state index in [-0.39, 0.29) is 11.3 Å². The summed E-state index contributed by atoms with van der Waals surface area (Å²) in [5.41, 5.74) is 5.38. The summed E-state index contributed by atoms with van der Waals surface area (Å²) in [5, 5.41) is 0. The van der Waals surface area contributed by atoms with E-state index in [1.54, 1.807) is 0 Å². The maximum atomic E-state index is 13.2. The molecule has 0 unspecified atom stereocenters. The number of rotatable bonds is 7. The highest BCUT2D eigenvalue weighted by atomic mass is 19.1. The number of hydrogen-bond donors (Lipinski definition) is 1. The third kappa shape index (κ3) is 5.93. The summed E-state index contributed by atoms with van der Waals surface area (Å²) in [6.07, 6.45) is 0.618. The van der Waals surface area contributed by atoms with E-state index in [0.29, 0.717) is 26.2 Å². The summed E-state index contributed by atoms with van der Waals surface area (Å²) in [6.45, 7) is 5.00. The molecule has 0 aliphatic heterocycles. The Bertz CT molecular complexity index is 378. The van der Waals surface area contributed by atoms with Gasteiger partial charge in [-0.15, -0.1) is 0 Å². The Morgan fingerprint density at radius 2 is 1.94 bits per heavy atom. The van der Waals surface area contributed by atoms with Gasteiger partial charge in [0.05, 0.1) is 13.2 Å². The van der Waals surface area contributed by atoms with Gasteiger partial charge in [0.15, 0.2) is 11.6 Å². The number of ether oxygens (including phenoxy) is 2. The Kier molecular flexibility index (Phi) is 5.50. The van der Waals surface area contributed by atoms with Crippen LogP contribution in [-0.4, -0.2) is 25.4 Å². The van der Waals surface area contributed by atoms with Crippen molar-refractivity contribution >= 4 is 0 Å². The van der Waals surface area contributed by atoms with Gasteiger partial charge in [-0.25, -0.2) is 8.78 Å². The summed E-state index contributed by atoms with van der Waals surface area (Å²) in [6, 6.07) is 3.23. The first kappa shape index (κ1) is 14.9. The largest absolute Gasteiger partial charge is 0.490 e. The molecule has 0 saturated heterocycles.